The van der Waals surface area contributed by atoms with Gasteiger partial charge in [0.1, 0.15) is 0 Å². The number of aromatic nitrogens is 3. The van der Waals surface area contributed by atoms with Gasteiger partial charge in [-0.25, -0.2) is 0 Å². The molecule has 0 spiro atoms. The molecule has 0 bridgehead atoms. The van der Waals surface area contributed by atoms with E-state index in [0.29, 0.717) is 0 Å². The quantitative estimate of drug-likeness (QED) is 0.411. The Bertz CT molecular complexity index is 1060. The highest BCUT2D eigenvalue weighted by Crippen LogP contribution is 2.36. The Morgan fingerprint density at radius 3 is 1.81 bits per heavy atom. The molecule has 0 aliphatic heterocycles. The first-order valence-electron chi connectivity index (χ1n) is 8.32. The van der Waals surface area contributed by atoms with Crippen LogP contribution in [-0.2, 0) is 0 Å². The number of pyridine rings is 2. The molecular formula is C21H17N3S2. The largest absolute Gasteiger partial charge is 0.295 e. The number of hydrogen-bond acceptors (Lipinski definition) is 4. The summed E-state index contributed by atoms with van der Waals surface area (Å²) in [6.07, 6.45) is 3.63. The van der Waals surface area contributed by atoms with Crippen LogP contribution in [0.1, 0.15) is 10.6 Å². The zero-order valence-corrected chi connectivity index (χ0v) is 16.1. The van der Waals surface area contributed by atoms with Gasteiger partial charge < -0.3 is 0 Å². The summed E-state index contributed by atoms with van der Waals surface area (Å²) in [7, 11) is 0. The van der Waals surface area contributed by atoms with Crippen molar-refractivity contribution in [2.45, 2.75) is 13.8 Å². The first-order valence-corrected chi connectivity index (χ1v) is 9.54. The van der Waals surface area contributed by atoms with Crippen LogP contribution in [0.15, 0.2) is 67.0 Å². The lowest BCUT2D eigenvalue weighted by Gasteiger charge is -2.17. The monoisotopic (exact) mass is 375 g/mol. The van der Waals surface area contributed by atoms with E-state index in [9.17, 15) is 0 Å². The van der Waals surface area contributed by atoms with E-state index in [0.717, 1.165) is 37.9 Å². The third-order valence-corrected chi connectivity index (χ3v) is 5.80. The van der Waals surface area contributed by atoms with Gasteiger partial charge in [-0.1, -0.05) is 30.3 Å². The Morgan fingerprint density at radius 2 is 1.38 bits per heavy atom. The molecule has 0 aliphatic carbocycles. The lowest BCUT2D eigenvalue weighted by molar-refractivity contribution is 0.994. The summed E-state index contributed by atoms with van der Waals surface area (Å²) in [6.45, 7) is 4.22. The molecule has 0 unspecified atom stereocenters. The number of rotatable bonds is 3. The molecular weight excluding hydrogens is 358 g/mol. The van der Waals surface area contributed by atoms with Crippen molar-refractivity contribution in [2.24, 2.45) is 0 Å². The van der Waals surface area contributed by atoms with Crippen molar-refractivity contribution in [3.63, 3.8) is 0 Å². The molecule has 128 valence electrons. The van der Waals surface area contributed by atoms with Crippen molar-refractivity contribution in [2.75, 3.05) is 0 Å². The predicted molar refractivity (Wildman–Crippen MR) is 110 cm³/mol. The Balaban J connectivity index is 2.11. The number of aryl methyl sites for hydroxylation is 1. The van der Waals surface area contributed by atoms with Crippen molar-refractivity contribution in [3.05, 3.63) is 81.5 Å². The van der Waals surface area contributed by atoms with E-state index in [2.05, 4.69) is 46.6 Å². The lowest BCUT2D eigenvalue weighted by atomic mass is 10.0. The molecule has 0 saturated heterocycles. The van der Waals surface area contributed by atoms with E-state index < -0.39 is 0 Å². The molecule has 0 saturated carbocycles. The summed E-state index contributed by atoms with van der Waals surface area (Å²) in [5, 5.41) is 0. The summed E-state index contributed by atoms with van der Waals surface area (Å²) < 4.78 is 2.99. The zero-order valence-electron chi connectivity index (χ0n) is 14.5. The van der Waals surface area contributed by atoms with E-state index in [4.69, 9.17) is 12.2 Å². The van der Waals surface area contributed by atoms with Gasteiger partial charge in [0.2, 0.25) is 0 Å². The molecule has 3 heterocycles. The summed E-state index contributed by atoms with van der Waals surface area (Å²) in [4.78, 5) is 10.4. The fraction of sp³-hybridized carbons (Fsp3) is 0.0952. The minimum Gasteiger partial charge on any atom is -0.295 e. The number of benzene rings is 1. The maximum Gasteiger partial charge on any atom is 0.166 e. The molecule has 0 N–H and O–H groups in total. The lowest BCUT2D eigenvalue weighted by Crippen LogP contribution is -2.03. The van der Waals surface area contributed by atoms with Crippen LogP contribution < -0.4 is 0 Å². The van der Waals surface area contributed by atoms with Crippen molar-refractivity contribution in [1.82, 2.24) is 14.5 Å². The van der Waals surface area contributed by atoms with Gasteiger partial charge in [0.05, 0.1) is 17.1 Å². The summed E-state index contributed by atoms with van der Waals surface area (Å²) >= 11 is 7.34. The Morgan fingerprint density at radius 1 is 0.808 bits per heavy atom. The van der Waals surface area contributed by atoms with Gasteiger partial charge in [-0.2, -0.15) is 0 Å². The van der Waals surface area contributed by atoms with Crippen molar-refractivity contribution >= 4 is 23.6 Å². The van der Waals surface area contributed by atoms with Gasteiger partial charge in [-0.15, -0.1) is 11.3 Å². The van der Waals surface area contributed by atoms with Crippen molar-refractivity contribution in [3.8, 4) is 28.2 Å². The second kappa shape index (κ2) is 6.94. The van der Waals surface area contributed by atoms with E-state index >= 15 is 0 Å². The SMILES string of the molecule is Cc1sc(=S)n(-c2c(-c3ccccn3)cccc2-c2ccccn2)c1C. The molecule has 3 nitrogen and oxygen atoms in total. The average molecular weight is 376 g/mol. The summed E-state index contributed by atoms with van der Waals surface area (Å²) in [6, 6.07) is 18.2. The van der Waals surface area contributed by atoms with Gasteiger partial charge in [-0.3, -0.25) is 14.5 Å². The van der Waals surface area contributed by atoms with Gasteiger partial charge >= 0.3 is 0 Å². The van der Waals surface area contributed by atoms with E-state index in [1.54, 1.807) is 11.3 Å². The van der Waals surface area contributed by atoms with Gasteiger partial charge in [0, 0.05) is 34.1 Å². The minimum absolute atomic E-state index is 0.834. The fourth-order valence-corrected chi connectivity index (χ4v) is 4.47. The highest BCUT2D eigenvalue weighted by molar-refractivity contribution is 7.73. The van der Waals surface area contributed by atoms with Crippen molar-refractivity contribution in [1.29, 1.82) is 0 Å². The molecule has 0 fully saturated rings. The number of nitrogens with zero attached hydrogens (tertiary/aromatic N) is 3. The summed E-state index contributed by atoms with van der Waals surface area (Å²) in [5.41, 5.74) is 6.13. The standard InChI is InChI=1S/C21H17N3S2/c1-14-15(2)26-21(25)24(14)20-16(18-10-3-5-12-22-18)8-7-9-17(20)19-11-4-6-13-23-19/h3-13H,1-2H3. The van der Waals surface area contributed by atoms with Gasteiger partial charge in [-0.05, 0) is 50.3 Å². The molecule has 5 heteroatoms. The van der Waals surface area contributed by atoms with E-state index in [-0.39, 0.29) is 0 Å². The third-order valence-electron chi connectivity index (χ3n) is 4.41. The molecule has 26 heavy (non-hydrogen) atoms. The maximum absolute atomic E-state index is 5.70. The van der Waals surface area contributed by atoms with Gasteiger partial charge in [0.25, 0.3) is 0 Å². The third kappa shape index (κ3) is 2.89. The molecule has 4 aromatic rings. The molecule has 0 aliphatic rings. The summed E-state index contributed by atoms with van der Waals surface area (Å²) in [5.74, 6) is 0. The van der Waals surface area contributed by atoms with Crippen molar-refractivity contribution < 1.29 is 0 Å². The predicted octanol–water partition coefficient (Wildman–Crippen LogP) is 6.01. The fourth-order valence-electron chi connectivity index (χ4n) is 3.05. The average Bonchev–Trinajstić information content (AvgIpc) is 2.94. The first-order chi connectivity index (χ1) is 12.7. The van der Waals surface area contributed by atoms with Crippen LogP contribution in [0.3, 0.4) is 0 Å². The van der Waals surface area contributed by atoms with Crippen LogP contribution in [0.25, 0.3) is 28.2 Å². The molecule has 0 radical (unpaired) electrons. The van der Waals surface area contributed by atoms with Crippen LogP contribution in [-0.4, -0.2) is 14.5 Å². The zero-order chi connectivity index (χ0) is 18.1. The second-order valence-corrected chi connectivity index (χ2v) is 7.82. The number of thiazole rings is 1. The van der Waals surface area contributed by atoms with Crippen LogP contribution in [0.2, 0.25) is 0 Å². The molecule has 0 atom stereocenters. The highest BCUT2D eigenvalue weighted by atomic mass is 32.1. The van der Waals surface area contributed by atoms with Gasteiger partial charge in [0.15, 0.2) is 3.95 Å². The molecule has 1 aromatic carbocycles. The van der Waals surface area contributed by atoms with E-state index in [1.807, 2.05) is 48.8 Å². The van der Waals surface area contributed by atoms with Crippen LogP contribution >= 0.6 is 23.6 Å². The minimum atomic E-state index is 0.834. The highest BCUT2D eigenvalue weighted by Gasteiger charge is 2.18. The van der Waals surface area contributed by atoms with Crippen LogP contribution in [0.5, 0.6) is 0 Å². The first kappa shape index (κ1) is 16.8. The van der Waals surface area contributed by atoms with Crippen LogP contribution in [0.4, 0.5) is 0 Å². The normalized spacial score (nSPS) is 10.8. The smallest absolute Gasteiger partial charge is 0.166 e. The Hall–Kier alpha value is -2.63. The molecule has 0 amide bonds. The molecule has 3 aromatic heterocycles. The topological polar surface area (TPSA) is 30.7 Å². The maximum atomic E-state index is 5.70. The Labute approximate surface area is 161 Å². The number of hydrogen-bond donors (Lipinski definition) is 0. The second-order valence-electron chi connectivity index (χ2n) is 5.98. The van der Waals surface area contributed by atoms with E-state index in [1.165, 1.54) is 4.88 Å². The Kier molecular flexibility index (Phi) is 4.49. The number of para-hydroxylation sites is 1. The molecule has 4 rings (SSSR count). The van der Waals surface area contributed by atoms with Crippen LogP contribution in [0, 0.1) is 17.8 Å².